The van der Waals surface area contributed by atoms with E-state index in [4.69, 9.17) is 9.72 Å². The van der Waals surface area contributed by atoms with Gasteiger partial charge in [0.2, 0.25) is 0 Å². The maximum Gasteiger partial charge on any atom is 0.339 e. The lowest BCUT2D eigenvalue weighted by molar-refractivity contribution is -0.123. The number of nitrogens with zero attached hydrogens (tertiary/aromatic N) is 2. The molecule has 0 atom stereocenters. The lowest BCUT2D eigenvalue weighted by atomic mass is 10.0. The van der Waals surface area contributed by atoms with E-state index in [2.05, 4.69) is 11.4 Å². The van der Waals surface area contributed by atoms with Gasteiger partial charge in [-0.2, -0.15) is 0 Å². The Hall–Kier alpha value is -4.52. The third-order valence-electron chi connectivity index (χ3n) is 6.05. The van der Waals surface area contributed by atoms with Crippen LogP contribution < -0.4 is 5.32 Å². The number of pyridine rings is 1. The zero-order chi connectivity index (χ0) is 24.4. The number of para-hydroxylation sites is 1. The molecule has 2 aromatic heterocycles. The molecule has 0 bridgehead atoms. The molecule has 2 aromatic carbocycles. The number of nitrogens with one attached hydrogen (secondary N) is 1. The molecular weight excluding hydrogens is 442 g/mol. The number of hydrogen-bond acceptors (Lipinski definition) is 5. The van der Waals surface area contributed by atoms with E-state index in [-0.39, 0.29) is 0 Å². The van der Waals surface area contributed by atoms with Gasteiger partial charge in [-0.15, -0.1) is 0 Å². The minimum absolute atomic E-state index is 0.334. The van der Waals surface area contributed by atoms with Gasteiger partial charge in [-0.1, -0.05) is 48.5 Å². The normalized spacial score (nSPS) is 13.6. The van der Waals surface area contributed by atoms with Gasteiger partial charge in [0.05, 0.1) is 16.8 Å². The molecule has 2 heterocycles. The highest BCUT2D eigenvalue weighted by atomic mass is 16.5. The first-order valence-electron chi connectivity index (χ1n) is 11.3. The molecule has 5 rings (SSSR count). The predicted molar refractivity (Wildman–Crippen MR) is 133 cm³/mol. The first-order valence-corrected chi connectivity index (χ1v) is 11.3. The van der Waals surface area contributed by atoms with Crippen LogP contribution in [0.3, 0.4) is 0 Å². The van der Waals surface area contributed by atoms with E-state index in [1.54, 1.807) is 29.9 Å². The fourth-order valence-electron chi connectivity index (χ4n) is 4.39. The van der Waals surface area contributed by atoms with Crippen molar-refractivity contribution in [2.75, 3.05) is 6.61 Å². The maximum absolute atomic E-state index is 13.2. The molecule has 0 saturated heterocycles. The highest BCUT2D eigenvalue weighted by molar-refractivity contribution is 6.08. The van der Waals surface area contributed by atoms with Crippen molar-refractivity contribution in [1.29, 1.82) is 0 Å². The van der Waals surface area contributed by atoms with E-state index in [1.165, 1.54) is 0 Å². The summed E-state index contributed by atoms with van der Waals surface area (Å²) in [7, 11) is 1.70. The molecule has 0 radical (unpaired) electrons. The summed E-state index contributed by atoms with van der Waals surface area (Å²) in [5.41, 5.74) is 5.15. The van der Waals surface area contributed by atoms with E-state index >= 15 is 0 Å². The predicted octanol–water partition coefficient (Wildman–Crippen LogP) is 4.17. The number of aryl methyl sites for hydroxylation is 1. The van der Waals surface area contributed by atoms with Gasteiger partial charge in [-0.05, 0) is 53.8 Å². The van der Waals surface area contributed by atoms with E-state index in [0.29, 0.717) is 28.6 Å². The summed E-state index contributed by atoms with van der Waals surface area (Å²) in [6.07, 6.45) is 5.19. The first kappa shape index (κ1) is 22.3. The molecule has 4 aromatic rings. The highest BCUT2D eigenvalue weighted by Gasteiger charge is 2.28. The standard InChI is InChI=1S/C28H23N3O4/c1-31-15-7-12-23(31)27(33)30-24(32)17-35-28(34)25-20-10-5-6-11-22(20)29-26-19(13-14-21(25)26)16-18-8-3-2-4-9-18/h2-12,15-16H,13-14,17H2,1H3,(H,30,32,33)/b19-16+. The largest absolute Gasteiger partial charge is 0.452 e. The van der Waals surface area contributed by atoms with Gasteiger partial charge in [0, 0.05) is 18.6 Å². The summed E-state index contributed by atoms with van der Waals surface area (Å²) in [6, 6.07) is 20.7. The van der Waals surface area contributed by atoms with Crippen molar-refractivity contribution >= 4 is 40.3 Å². The maximum atomic E-state index is 13.2. The summed E-state index contributed by atoms with van der Waals surface area (Å²) in [5, 5.41) is 2.93. The van der Waals surface area contributed by atoms with Gasteiger partial charge >= 0.3 is 5.97 Å². The van der Waals surface area contributed by atoms with Crippen molar-refractivity contribution in [3.63, 3.8) is 0 Å². The Morgan fingerprint density at radius 2 is 1.77 bits per heavy atom. The van der Waals surface area contributed by atoms with Crippen LogP contribution in [0.5, 0.6) is 0 Å². The molecule has 174 valence electrons. The van der Waals surface area contributed by atoms with Gasteiger partial charge in [0.25, 0.3) is 11.8 Å². The second-order valence-corrected chi connectivity index (χ2v) is 8.37. The molecule has 1 N–H and O–H groups in total. The number of rotatable bonds is 5. The van der Waals surface area contributed by atoms with Gasteiger partial charge in [-0.3, -0.25) is 14.9 Å². The first-order chi connectivity index (χ1) is 17.0. The van der Waals surface area contributed by atoms with Crippen molar-refractivity contribution in [2.24, 2.45) is 7.05 Å². The van der Waals surface area contributed by atoms with Gasteiger partial charge in [-0.25, -0.2) is 9.78 Å². The van der Waals surface area contributed by atoms with Crippen LogP contribution in [-0.2, 0) is 23.0 Å². The van der Waals surface area contributed by atoms with Crippen LogP contribution in [0.4, 0.5) is 0 Å². The number of esters is 1. The quantitative estimate of drug-likeness (QED) is 0.447. The Morgan fingerprint density at radius 1 is 1.00 bits per heavy atom. The third-order valence-corrected chi connectivity index (χ3v) is 6.05. The molecule has 1 aliphatic rings. The molecule has 2 amide bonds. The molecule has 35 heavy (non-hydrogen) atoms. The average Bonchev–Trinajstić information content (AvgIpc) is 3.47. The van der Waals surface area contributed by atoms with Crippen LogP contribution in [0, 0.1) is 0 Å². The van der Waals surface area contributed by atoms with E-state index in [1.807, 2.05) is 54.6 Å². The molecule has 7 nitrogen and oxygen atoms in total. The van der Waals surface area contributed by atoms with Crippen molar-refractivity contribution < 1.29 is 19.1 Å². The smallest absolute Gasteiger partial charge is 0.339 e. The molecule has 1 aliphatic carbocycles. The number of imide groups is 1. The second-order valence-electron chi connectivity index (χ2n) is 8.37. The minimum atomic E-state index is -0.691. The minimum Gasteiger partial charge on any atom is -0.452 e. The Kier molecular flexibility index (Phi) is 5.97. The highest BCUT2D eigenvalue weighted by Crippen LogP contribution is 2.37. The number of amides is 2. The number of benzene rings is 2. The van der Waals surface area contributed by atoms with E-state index < -0.39 is 24.4 Å². The second kappa shape index (κ2) is 9.38. The topological polar surface area (TPSA) is 90.3 Å². The van der Waals surface area contributed by atoms with E-state index in [0.717, 1.165) is 28.8 Å². The average molecular weight is 466 g/mol. The third kappa shape index (κ3) is 4.48. The molecule has 0 unspecified atom stereocenters. The zero-order valence-corrected chi connectivity index (χ0v) is 19.2. The Balaban J connectivity index is 1.40. The number of fused-ring (bicyclic) bond motifs is 2. The number of aromatic nitrogens is 2. The van der Waals surface area contributed by atoms with Crippen molar-refractivity contribution in [2.45, 2.75) is 12.8 Å². The SMILES string of the molecule is Cn1cccc1C(=O)NC(=O)COC(=O)c1c2c(nc3ccccc13)/C(=C/c1ccccc1)CC2. The van der Waals surface area contributed by atoms with Gasteiger partial charge in [0.15, 0.2) is 6.61 Å². The molecular formula is C28H23N3O4. The molecule has 0 saturated carbocycles. The van der Waals surface area contributed by atoms with Crippen molar-refractivity contribution in [1.82, 2.24) is 14.9 Å². The van der Waals surface area contributed by atoms with Crippen LogP contribution in [0.2, 0.25) is 0 Å². The Bertz CT molecular complexity index is 1480. The fourth-order valence-corrected chi connectivity index (χ4v) is 4.39. The number of allylic oxidation sites excluding steroid dienone is 1. The van der Waals surface area contributed by atoms with Crippen LogP contribution in [0.25, 0.3) is 22.6 Å². The zero-order valence-electron chi connectivity index (χ0n) is 19.2. The van der Waals surface area contributed by atoms with Gasteiger partial charge < -0.3 is 9.30 Å². The molecule has 0 aliphatic heterocycles. The lowest BCUT2D eigenvalue weighted by Gasteiger charge is -2.12. The molecule has 0 spiro atoms. The molecule has 0 fully saturated rings. The monoisotopic (exact) mass is 465 g/mol. The van der Waals surface area contributed by atoms with Crippen LogP contribution in [-0.4, -0.2) is 33.9 Å². The Morgan fingerprint density at radius 3 is 2.54 bits per heavy atom. The number of ether oxygens (including phenoxy) is 1. The fraction of sp³-hybridized carbons (Fsp3) is 0.143. The van der Waals surface area contributed by atoms with Crippen LogP contribution >= 0.6 is 0 Å². The number of carbonyl (C=O) groups is 3. The van der Waals surface area contributed by atoms with Crippen molar-refractivity contribution in [3.8, 4) is 0 Å². The van der Waals surface area contributed by atoms with E-state index in [9.17, 15) is 14.4 Å². The summed E-state index contributed by atoms with van der Waals surface area (Å²) in [5.74, 6) is -1.85. The van der Waals surface area contributed by atoms with Crippen molar-refractivity contribution in [3.05, 3.63) is 101 Å². The van der Waals surface area contributed by atoms with Gasteiger partial charge in [0.1, 0.15) is 5.69 Å². The lowest BCUT2D eigenvalue weighted by Crippen LogP contribution is -2.35. The molecule has 7 heteroatoms. The summed E-state index contributed by atoms with van der Waals surface area (Å²) in [6.45, 7) is -0.562. The Labute approximate surface area is 202 Å². The van der Waals surface area contributed by atoms with Crippen LogP contribution in [0.1, 0.15) is 44.1 Å². The number of carbonyl (C=O) groups excluding carboxylic acids is 3. The summed E-state index contributed by atoms with van der Waals surface area (Å²) < 4.78 is 6.97. The summed E-state index contributed by atoms with van der Waals surface area (Å²) in [4.78, 5) is 42.6. The number of hydrogen-bond donors (Lipinski definition) is 1. The summed E-state index contributed by atoms with van der Waals surface area (Å²) >= 11 is 0. The van der Waals surface area contributed by atoms with Crippen LogP contribution in [0.15, 0.2) is 72.9 Å².